The lowest BCUT2D eigenvalue weighted by atomic mass is 10.1. The van der Waals surface area contributed by atoms with Gasteiger partial charge in [0.1, 0.15) is 0 Å². The summed E-state index contributed by atoms with van der Waals surface area (Å²) < 4.78 is 25.0. The van der Waals surface area contributed by atoms with Crippen LogP contribution in [0.1, 0.15) is 42.5 Å². The van der Waals surface area contributed by atoms with E-state index in [0.29, 0.717) is 18.5 Å². The fourth-order valence-corrected chi connectivity index (χ4v) is 2.95. The number of amides is 1. The van der Waals surface area contributed by atoms with Gasteiger partial charge in [0.25, 0.3) is 5.91 Å². The van der Waals surface area contributed by atoms with Crippen LogP contribution in [-0.4, -0.2) is 50.3 Å². The molecule has 7 nitrogen and oxygen atoms in total. The number of aliphatic carboxylic acids is 1. The SMILES string of the molecule is CN(C)S(=O)(=O)c1ccc(C(=O)NCCCCCCC(=O)O)cc1. The van der Waals surface area contributed by atoms with E-state index < -0.39 is 16.0 Å². The van der Waals surface area contributed by atoms with E-state index >= 15 is 0 Å². The third kappa shape index (κ3) is 6.29. The van der Waals surface area contributed by atoms with E-state index in [9.17, 15) is 18.0 Å². The number of hydrogen-bond donors (Lipinski definition) is 2. The van der Waals surface area contributed by atoms with E-state index in [-0.39, 0.29) is 17.2 Å². The van der Waals surface area contributed by atoms with E-state index in [1.165, 1.54) is 38.4 Å². The second-order valence-corrected chi connectivity index (χ2v) is 7.78. The lowest BCUT2D eigenvalue weighted by molar-refractivity contribution is -0.137. The summed E-state index contributed by atoms with van der Waals surface area (Å²) in [5.74, 6) is -1.04. The summed E-state index contributed by atoms with van der Waals surface area (Å²) in [5, 5.41) is 11.3. The Hall–Kier alpha value is -1.93. The number of nitrogens with zero attached hydrogens (tertiary/aromatic N) is 1. The van der Waals surface area contributed by atoms with Gasteiger partial charge in [0.2, 0.25) is 10.0 Å². The molecule has 0 saturated heterocycles. The average Bonchev–Trinajstić information content (AvgIpc) is 2.53. The quantitative estimate of drug-likeness (QED) is 0.621. The van der Waals surface area contributed by atoms with Gasteiger partial charge in [0, 0.05) is 32.6 Å². The maximum Gasteiger partial charge on any atom is 0.303 e. The average molecular weight is 356 g/mol. The van der Waals surface area contributed by atoms with Gasteiger partial charge in [0.05, 0.1) is 4.90 Å². The fourth-order valence-electron chi connectivity index (χ4n) is 2.05. The van der Waals surface area contributed by atoms with Crippen molar-refractivity contribution < 1.29 is 23.1 Å². The van der Waals surface area contributed by atoms with Gasteiger partial charge >= 0.3 is 5.97 Å². The Morgan fingerprint density at radius 2 is 1.62 bits per heavy atom. The molecule has 0 saturated carbocycles. The molecule has 0 aliphatic rings. The van der Waals surface area contributed by atoms with Gasteiger partial charge in [-0.25, -0.2) is 12.7 Å². The minimum absolute atomic E-state index is 0.141. The van der Waals surface area contributed by atoms with E-state index in [2.05, 4.69) is 5.32 Å². The van der Waals surface area contributed by atoms with Gasteiger partial charge in [-0.2, -0.15) is 0 Å². The maximum atomic E-state index is 12.0. The van der Waals surface area contributed by atoms with Crippen molar-refractivity contribution in [2.24, 2.45) is 0 Å². The second-order valence-electron chi connectivity index (χ2n) is 5.63. The molecule has 1 amide bonds. The first kappa shape index (κ1) is 20.1. The van der Waals surface area contributed by atoms with Crippen molar-refractivity contribution in [3.05, 3.63) is 29.8 Å². The highest BCUT2D eigenvalue weighted by Crippen LogP contribution is 2.14. The second kappa shape index (κ2) is 9.39. The standard InChI is InChI=1S/C16H24N2O5S/c1-18(2)24(22,23)14-10-8-13(9-11-14)16(21)17-12-6-4-3-5-7-15(19)20/h8-11H,3-7,12H2,1-2H3,(H,17,21)(H,19,20). The van der Waals surface area contributed by atoms with Crippen molar-refractivity contribution in [1.29, 1.82) is 0 Å². The Kier molecular flexibility index (Phi) is 7.87. The highest BCUT2D eigenvalue weighted by molar-refractivity contribution is 7.89. The number of nitrogens with one attached hydrogen (secondary N) is 1. The predicted molar refractivity (Wildman–Crippen MR) is 90.4 cm³/mol. The van der Waals surface area contributed by atoms with Gasteiger partial charge in [-0.1, -0.05) is 12.8 Å². The molecule has 2 N–H and O–H groups in total. The first-order valence-corrected chi connectivity index (χ1v) is 9.21. The highest BCUT2D eigenvalue weighted by Gasteiger charge is 2.17. The summed E-state index contributed by atoms with van der Waals surface area (Å²) in [5.41, 5.74) is 0.401. The van der Waals surface area contributed by atoms with Crippen molar-refractivity contribution in [1.82, 2.24) is 9.62 Å². The number of sulfonamides is 1. The normalized spacial score (nSPS) is 11.5. The van der Waals surface area contributed by atoms with Crippen LogP contribution in [0.2, 0.25) is 0 Å². The molecule has 1 aromatic rings. The van der Waals surface area contributed by atoms with Crippen LogP contribution in [0.15, 0.2) is 29.2 Å². The molecule has 0 fully saturated rings. The number of carbonyl (C=O) groups is 2. The summed E-state index contributed by atoms with van der Waals surface area (Å²) in [6.07, 6.45) is 3.27. The van der Waals surface area contributed by atoms with E-state index in [1.807, 2.05) is 0 Å². The van der Waals surface area contributed by atoms with E-state index in [0.717, 1.165) is 23.6 Å². The maximum absolute atomic E-state index is 12.0. The molecule has 0 radical (unpaired) electrons. The Labute approximate surface area is 142 Å². The van der Waals surface area contributed by atoms with Crippen molar-refractivity contribution in [2.75, 3.05) is 20.6 Å². The monoisotopic (exact) mass is 356 g/mol. The summed E-state index contributed by atoms with van der Waals surface area (Å²) >= 11 is 0. The first-order valence-electron chi connectivity index (χ1n) is 7.77. The number of benzene rings is 1. The zero-order valence-corrected chi connectivity index (χ0v) is 14.8. The van der Waals surface area contributed by atoms with Crippen molar-refractivity contribution in [3.8, 4) is 0 Å². The molecule has 0 aliphatic heterocycles. The number of unbranched alkanes of at least 4 members (excludes halogenated alkanes) is 3. The molecule has 0 heterocycles. The van der Waals surface area contributed by atoms with Crippen LogP contribution >= 0.6 is 0 Å². The molecule has 1 aromatic carbocycles. The zero-order chi connectivity index (χ0) is 18.2. The van der Waals surface area contributed by atoms with Crippen LogP contribution in [0.3, 0.4) is 0 Å². The minimum atomic E-state index is -3.50. The number of carboxylic acid groups (broad SMARTS) is 1. The molecule has 0 atom stereocenters. The van der Waals surface area contributed by atoms with Crippen molar-refractivity contribution >= 4 is 21.9 Å². The molecule has 24 heavy (non-hydrogen) atoms. The third-order valence-electron chi connectivity index (χ3n) is 3.50. The predicted octanol–water partition coefficient (Wildman–Crippen LogP) is 1.70. The lowest BCUT2D eigenvalue weighted by Gasteiger charge is -2.11. The highest BCUT2D eigenvalue weighted by atomic mass is 32.2. The number of hydrogen-bond acceptors (Lipinski definition) is 4. The van der Waals surface area contributed by atoms with Crippen LogP contribution < -0.4 is 5.32 Å². The first-order chi connectivity index (χ1) is 11.2. The molecule has 0 aliphatic carbocycles. The number of rotatable bonds is 10. The summed E-state index contributed by atoms with van der Waals surface area (Å²) in [6, 6.07) is 5.80. The van der Waals surface area contributed by atoms with Gasteiger partial charge < -0.3 is 10.4 Å². The topological polar surface area (TPSA) is 104 Å². The molecule has 0 bridgehead atoms. The number of carbonyl (C=O) groups excluding carboxylic acids is 1. The molecule has 0 aromatic heterocycles. The van der Waals surface area contributed by atoms with Crippen LogP contribution in [0.4, 0.5) is 0 Å². The van der Waals surface area contributed by atoms with Gasteiger partial charge in [-0.05, 0) is 37.1 Å². The fraction of sp³-hybridized carbons (Fsp3) is 0.500. The van der Waals surface area contributed by atoms with Gasteiger partial charge in [-0.3, -0.25) is 9.59 Å². The zero-order valence-electron chi connectivity index (χ0n) is 14.0. The summed E-state index contributed by atoms with van der Waals surface area (Å²) in [7, 11) is -0.594. The smallest absolute Gasteiger partial charge is 0.303 e. The Bertz CT molecular complexity index is 654. The Balaban J connectivity index is 2.40. The lowest BCUT2D eigenvalue weighted by Crippen LogP contribution is -2.25. The molecule has 8 heteroatoms. The number of carboxylic acids is 1. The Morgan fingerprint density at radius 3 is 2.17 bits per heavy atom. The van der Waals surface area contributed by atoms with Gasteiger partial charge in [0.15, 0.2) is 0 Å². The van der Waals surface area contributed by atoms with Crippen molar-refractivity contribution in [2.45, 2.75) is 37.0 Å². The molecule has 134 valence electrons. The van der Waals surface area contributed by atoms with Crippen LogP contribution in [0.25, 0.3) is 0 Å². The molecule has 0 spiro atoms. The summed E-state index contributed by atoms with van der Waals surface area (Å²) in [6.45, 7) is 0.504. The van der Waals surface area contributed by atoms with Crippen LogP contribution in [0, 0.1) is 0 Å². The van der Waals surface area contributed by atoms with Crippen LogP contribution in [-0.2, 0) is 14.8 Å². The molecule has 0 unspecified atom stereocenters. The van der Waals surface area contributed by atoms with Crippen molar-refractivity contribution in [3.63, 3.8) is 0 Å². The largest absolute Gasteiger partial charge is 0.481 e. The molecular weight excluding hydrogens is 332 g/mol. The molecule has 1 rings (SSSR count). The third-order valence-corrected chi connectivity index (χ3v) is 5.33. The van der Waals surface area contributed by atoms with Gasteiger partial charge in [-0.15, -0.1) is 0 Å². The summed E-state index contributed by atoms with van der Waals surface area (Å²) in [4.78, 5) is 22.5. The van der Waals surface area contributed by atoms with E-state index in [1.54, 1.807) is 0 Å². The van der Waals surface area contributed by atoms with Crippen LogP contribution in [0.5, 0.6) is 0 Å². The van der Waals surface area contributed by atoms with E-state index in [4.69, 9.17) is 5.11 Å². The minimum Gasteiger partial charge on any atom is -0.481 e. The Morgan fingerprint density at radius 1 is 1.04 bits per heavy atom. The molecular formula is C16H24N2O5S.